The Morgan fingerprint density at radius 1 is 1.29 bits per heavy atom. The van der Waals surface area contributed by atoms with Crippen LogP contribution in [0.1, 0.15) is 60.3 Å². The maximum atomic E-state index is 11.6. The van der Waals surface area contributed by atoms with Gasteiger partial charge < -0.3 is 0 Å². The monoisotopic (exact) mass is 282 g/mol. The van der Waals surface area contributed by atoms with Crippen molar-refractivity contribution in [1.29, 1.82) is 0 Å². The van der Waals surface area contributed by atoms with Crippen LogP contribution in [0.5, 0.6) is 0 Å². The van der Waals surface area contributed by atoms with Gasteiger partial charge in [0.15, 0.2) is 6.29 Å². The molecule has 0 fully saturated rings. The van der Waals surface area contributed by atoms with Crippen LogP contribution in [0, 0.1) is 12.8 Å². The molecular weight excluding hydrogens is 256 g/mol. The maximum Gasteiger partial charge on any atom is 0.150 e. The van der Waals surface area contributed by atoms with Crippen molar-refractivity contribution in [2.75, 3.05) is 0 Å². The largest absolute Gasteiger partial charge is 0.298 e. The van der Waals surface area contributed by atoms with E-state index in [1.165, 1.54) is 11.1 Å². The minimum atomic E-state index is -0.0899. The van der Waals surface area contributed by atoms with E-state index in [0.29, 0.717) is 5.92 Å². The Hall–Kier alpha value is -1.63. The summed E-state index contributed by atoms with van der Waals surface area (Å²) in [6, 6.07) is 2.22. The highest BCUT2D eigenvalue weighted by Crippen LogP contribution is 2.56. The van der Waals surface area contributed by atoms with Gasteiger partial charge in [-0.1, -0.05) is 45.9 Å². The van der Waals surface area contributed by atoms with E-state index in [-0.39, 0.29) is 10.8 Å². The van der Waals surface area contributed by atoms with Crippen LogP contribution in [-0.2, 0) is 17.3 Å². The number of fused-ring (bicyclic) bond motifs is 1. The number of hydrogen-bond donors (Lipinski definition) is 0. The van der Waals surface area contributed by atoms with E-state index in [1.54, 1.807) is 0 Å². The molecule has 0 amide bonds. The molecule has 1 heteroatoms. The zero-order chi connectivity index (χ0) is 16.0. The van der Waals surface area contributed by atoms with Gasteiger partial charge in [0.2, 0.25) is 0 Å². The van der Waals surface area contributed by atoms with Crippen LogP contribution in [-0.4, -0.2) is 6.29 Å². The third kappa shape index (κ3) is 1.94. The van der Waals surface area contributed by atoms with Crippen LogP contribution in [0.2, 0.25) is 0 Å². The number of aldehydes is 1. The predicted molar refractivity (Wildman–Crippen MR) is 90.2 cm³/mol. The summed E-state index contributed by atoms with van der Waals surface area (Å²) in [4.78, 5) is 11.6. The minimum Gasteiger partial charge on any atom is -0.298 e. The SMILES string of the molecule is C=CCc1cc2c(c(C)c1C=O)C(C)(C=C)C(C)C2(C)C. The fourth-order valence-corrected chi connectivity index (χ4v) is 4.07. The minimum absolute atomic E-state index is 0.0698. The summed E-state index contributed by atoms with van der Waals surface area (Å²) in [5, 5.41) is 0. The Bertz CT molecular complexity index is 621. The molecule has 2 unspecified atom stereocenters. The van der Waals surface area contributed by atoms with Gasteiger partial charge in [0.1, 0.15) is 0 Å². The van der Waals surface area contributed by atoms with Crippen molar-refractivity contribution in [1.82, 2.24) is 0 Å². The summed E-state index contributed by atoms with van der Waals surface area (Å²) < 4.78 is 0. The number of allylic oxidation sites excluding steroid dienone is 2. The van der Waals surface area contributed by atoms with Crippen molar-refractivity contribution in [2.24, 2.45) is 5.92 Å². The first-order valence-corrected chi connectivity index (χ1v) is 7.62. The topological polar surface area (TPSA) is 17.1 Å². The van der Waals surface area contributed by atoms with E-state index >= 15 is 0 Å². The van der Waals surface area contributed by atoms with Gasteiger partial charge in [-0.05, 0) is 46.9 Å². The standard InChI is InChI=1S/C20H26O/c1-8-10-15-11-17-18(13(3)16(15)12-21)20(7,9-2)14(4)19(17,5)6/h8-9,11-12,14H,1-2,10H2,3-7H3. The second kappa shape index (κ2) is 4.98. The highest BCUT2D eigenvalue weighted by molar-refractivity contribution is 5.82. The number of benzene rings is 1. The van der Waals surface area contributed by atoms with Crippen molar-refractivity contribution < 1.29 is 4.79 Å². The normalized spacial score (nSPS) is 26.2. The van der Waals surface area contributed by atoms with E-state index in [9.17, 15) is 4.79 Å². The van der Waals surface area contributed by atoms with Gasteiger partial charge in [0.25, 0.3) is 0 Å². The maximum absolute atomic E-state index is 11.6. The number of rotatable bonds is 4. The molecule has 0 spiro atoms. The molecule has 0 radical (unpaired) electrons. The fourth-order valence-electron chi connectivity index (χ4n) is 4.07. The number of carbonyl (C=O) groups is 1. The molecule has 0 bridgehead atoms. The lowest BCUT2D eigenvalue weighted by Crippen LogP contribution is -2.32. The Morgan fingerprint density at radius 2 is 1.90 bits per heavy atom. The molecule has 0 saturated heterocycles. The van der Waals surface area contributed by atoms with E-state index in [1.807, 2.05) is 6.08 Å². The first kappa shape index (κ1) is 15.8. The number of carbonyl (C=O) groups excluding carboxylic acids is 1. The Morgan fingerprint density at radius 3 is 2.38 bits per heavy atom. The summed E-state index contributed by atoms with van der Waals surface area (Å²) in [6.45, 7) is 19.1. The lowest BCUT2D eigenvalue weighted by atomic mass is 9.70. The zero-order valence-electron chi connectivity index (χ0n) is 13.9. The molecule has 1 aliphatic rings. The van der Waals surface area contributed by atoms with E-state index in [4.69, 9.17) is 0 Å². The zero-order valence-corrected chi connectivity index (χ0v) is 13.9. The Kier molecular flexibility index (Phi) is 3.73. The van der Waals surface area contributed by atoms with Crippen molar-refractivity contribution in [2.45, 2.75) is 51.9 Å². The van der Waals surface area contributed by atoms with Gasteiger partial charge in [0, 0.05) is 11.0 Å². The molecule has 112 valence electrons. The van der Waals surface area contributed by atoms with E-state index < -0.39 is 0 Å². The second-order valence-corrected chi connectivity index (χ2v) is 7.04. The highest BCUT2D eigenvalue weighted by Gasteiger charge is 2.50. The third-order valence-electron chi connectivity index (χ3n) is 5.83. The predicted octanol–water partition coefficient (Wildman–Crippen LogP) is 4.91. The summed E-state index contributed by atoms with van der Waals surface area (Å²) in [5.74, 6) is 0.440. The third-order valence-corrected chi connectivity index (χ3v) is 5.83. The van der Waals surface area contributed by atoms with Crippen LogP contribution < -0.4 is 0 Å². The van der Waals surface area contributed by atoms with Gasteiger partial charge in [0.05, 0.1) is 0 Å². The second-order valence-electron chi connectivity index (χ2n) is 7.04. The Labute approximate surface area is 128 Å². The Balaban J connectivity index is 2.89. The van der Waals surface area contributed by atoms with Gasteiger partial charge in [-0.2, -0.15) is 0 Å². The smallest absolute Gasteiger partial charge is 0.150 e. The molecule has 0 heterocycles. The lowest BCUT2D eigenvalue weighted by Gasteiger charge is -2.33. The van der Waals surface area contributed by atoms with Gasteiger partial charge in [-0.15, -0.1) is 13.2 Å². The van der Waals surface area contributed by atoms with Crippen LogP contribution in [0.15, 0.2) is 31.4 Å². The van der Waals surface area contributed by atoms with Crippen LogP contribution >= 0.6 is 0 Å². The molecule has 0 aliphatic heterocycles. The summed E-state index contributed by atoms with van der Waals surface area (Å²) in [5.41, 5.74) is 5.66. The van der Waals surface area contributed by atoms with Gasteiger partial charge in [-0.3, -0.25) is 4.79 Å². The molecular formula is C20H26O. The van der Waals surface area contributed by atoms with Crippen LogP contribution in [0.3, 0.4) is 0 Å². The molecule has 1 nitrogen and oxygen atoms in total. The molecule has 1 aromatic rings. The van der Waals surface area contributed by atoms with E-state index in [2.05, 4.69) is 59.9 Å². The average Bonchev–Trinajstić information content (AvgIpc) is 2.59. The van der Waals surface area contributed by atoms with E-state index in [0.717, 1.165) is 29.4 Å². The molecule has 2 atom stereocenters. The quantitative estimate of drug-likeness (QED) is 0.566. The molecule has 0 saturated carbocycles. The fraction of sp³-hybridized carbons (Fsp3) is 0.450. The summed E-state index contributed by atoms with van der Waals surface area (Å²) in [6.07, 6.45) is 5.65. The van der Waals surface area contributed by atoms with Crippen molar-refractivity contribution in [3.05, 3.63) is 59.2 Å². The average molecular weight is 282 g/mol. The number of hydrogen-bond acceptors (Lipinski definition) is 1. The van der Waals surface area contributed by atoms with Crippen molar-refractivity contribution in [3.63, 3.8) is 0 Å². The van der Waals surface area contributed by atoms with Gasteiger partial charge >= 0.3 is 0 Å². The molecule has 1 aromatic carbocycles. The van der Waals surface area contributed by atoms with Crippen molar-refractivity contribution in [3.8, 4) is 0 Å². The van der Waals surface area contributed by atoms with Crippen molar-refractivity contribution >= 4 is 6.29 Å². The highest BCUT2D eigenvalue weighted by atomic mass is 16.1. The molecule has 0 N–H and O–H groups in total. The molecule has 0 aromatic heterocycles. The molecule has 2 rings (SSSR count). The molecule has 21 heavy (non-hydrogen) atoms. The van der Waals surface area contributed by atoms with Crippen LogP contribution in [0.25, 0.3) is 0 Å². The molecule has 1 aliphatic carbocycles. The summed E-state index contributed by atoms with van der Waals surface area (Å²) >= 11 is 0. The van der Waals surface area contributed by atoms with Crippen LogP contribution in [0.4, 0.5) is 0 Å². The first-order chi connectivity index (χ1) is 9.75. The van der Waals surface area contributed by atoms with Gasteiger partial charge in [-0.25, -0.2) is 0 Å². The first-order valence-electron chi connectivity index (χ1n) is 7.62. The summed E-state index contributed by atoms with van der Waals surface area (Å²) in [7, 11) is 0. The lowest BCUT2D eigenvalue weighted by molar-refractivity contribution is 0.112.